The van der Waals surface area contributed by atoms with Gasteiger partial charge in [0.25, 0.3) is 0 Å². The molecule has 3 heteroatoms. The molecule has 0 amide bonds. The van der Waals surface area contributed by atoms with Gasteiger partial charge in [0.2, 0.25) is 0 Å². The summed E-state index contributed by atoms with van der Waals surface area (Å²) in [4.78, 5) is 10.8. The summed E-state index contributed by atoms with van der Waals surface area (Å²) >= 11 is 0. The van der Waals surface area contributed by atoms with Crippen LogP contribution in [-0.4, -0.2) is 18.0 Å². The lowest BCUT2D eigenvalue weighted by Gasteiger charge is -2.08. The minimum atomic E-state index is 0.126. The van der Waals surface area contributed by atoms with Crippen LogP contribution in [0.4, 0.5) is 0 Å². The van der Waals surface area contributed by atoms with E-state index in [-0.39, 0.29) is 5.75 Å². The summed E-state index contributed by atoms with van der Waals surface area (Å²) in [5, 5.41) is 9.38. The highest BCUT2D eigenvalue weighted by atomic mass is 16.5. The third-order valence-corrected chi connectivity index (χ3v) is 3.38. The van der Waals surface area contributed by atoms with Crippen molar-refractivity contribution in [2.45, 2.75) is 58.3 Å². The normalized spacial score (nSPS) is 10.4. The van der Waals surface area contributed by atoms with Crippen molar-refractivity contribution in [3.63, 3.8) is 0 Å². The Hall–Kier alpha value is -1.51. The fourth-order valence-electron chi connectivity index (χ4n) is 2.16. The van der Waals surface area contributed by atoms with E-state index in [1.807, 2.05) is 0 Å². The fraction of sp³-hybridized carbons (Fsp3) is 0.588. The minimum Gasteiger partial charge on any atom is -0.508 e. The first-order chi connectivity index (χ1) is 9.77. The lowest BCUT2D eigenvalue weighted by atomic mass is 10.1. The Morgan fingerprint density at radius 2 is 1.70 bits per heavy atom. The number of carbonyl (C=O) groups excluding carboxylic acids is 1. The summed E-state index contributed by atoms with van der Waals surface area (Å²) in [6.45, 7) is 2.82. The molecule has 112 valence electrons. The molecule has 3 nitrogen and oxygen atoms in total. The molecule has 0 radical (unpaired) electrons. The van der Waals surface area contributed by atoms with Crippen LogP contribution in [0, 0.1) is 0 Å². The number of carbonyl (C=O) groups is 1. The number of aldehydes is 1. The Morgan fingerprint density at radius 3 is 2.35 bits per heavy atom. The monoisotopic (exact) mass is 278 g/mol. The van der Waals surface area contributed by atoms with Crippen molar-refractivity contribution in [1.29, 1.82) is 0 Å². The van der Waals surface area contributed by atoms with Gasteiger partial charge in [-0.3, -0.25) is 4.79 Å². The fourth-order valence-corrected chi connectivity index (χ4v) is 2.16. The molecular weight excluding hydrogens is 252 g/mol. The van der Waals surface area contributed by atoms with E-state index in [9.17, 15) is 9.90 Å². The number of rotatable bonds is 11. The van der Waals surface area contributed by atoms with Crippen molar-refractivity contribution in [2.75, 3.05) is 6.61 Å². The Labute approximate surface area is 122 Å². The highest BCUT2D eigenvalue weighted by Gasteiger charge is 2.03. The number of phenolic OH excluding ortho intramolecular Hbond substituents is 1. The molecule has 0 spiro atoms. The average Bonchev–Trinajstić information content (AvgIpc) is 2.46. The number of phenols is 1. The first-order valence-corrected chi connectivity index (χ1v) is 7.69. The smallest absolute Gasteiger partial charge is 0.153 e. The summed E-state index contributed by atoms with van der Waals surface area (Å²) in [6.07, 6.45) is 10.7. The highest BCUT2D eigenvalue weighted by molar-refractivity contribution is 5.79. The van der Waals surface area contributed by atoms with Crippen molar-refractivity contribution in [1.82, 2.24) is 0 Å². The lowest BCUT2D eigenvalue weighted by molar-refractivity contribution is 0.111. The van der Waals surface area contributed by atoms with E-state index in [0.29, 0.717) is 17.9 Å². The second kappa shape index (κ2) is 10.3. The van der Waals surface area contributed by atoms with Gasteiger partial charge in [-0.15, -0.1) is 0 Å². The van der Waals surface area contributed by atoms with Crippen LogP contribution in [0.15, 0.2) is 18.2 Å². The van der Waals surface area contributed by atoms with Crippen LogP contribution in [0.3, 0.4) is 0 Å². The van der Waals surface area contributed by atoms with Gasteiger partial charge in [0.15, 0.2) is 6.29 Å². The predicted molar refractivity (Wildman–Crippen MR) is 81.6 cm³/mol. The quantitative estimate of drug-likeness (QED) is 0.470. The molecule has 0 aliphatic rings. The van der Waals surface area contributed by atoms with Crippen LogP contribution >= 0.6 is 0 Å². The Kier molecular flexibility index (Phi) is 8.52. The summed E-state index contributed by atoms with van der Waals surface area (Å²) in [7, 11) is 0. The van der Waals surface area contributed by atoms with E-state index in [2.05, 4.69) is 6.92 Å². The number of unbranched alkanes of at least 4 members (excludes halogenated alkanes) is 7. The molecule has 0 unspecified atom stereocenters. The Bertz CT molecular complexity index is 388. The molecule has 1 aromatic carbocycles. The van der Waals surface area contributed by atoms with E-state index in [1.54, 1.807) is 6.07 Å². The maximum atomic E-state index is 10.8. The van der Waals surface area contributed by atoms with Crippen LogP contribution in [0.25, 0.3) is 0 Å². The molecule has 0 aliphatic heterocycles. The van der Waals surface area contributed by atoms with E-state index >= 15 is 0 Å². The topological polar surface area (TPSA) is 46.5 Å². The zero-order valence-electron chi connectivity index (χ0n) is 12.4. The van der Waals surface area contributed by atoms with Crippen molar-refractivity contribution < 1.29 is 14.6 Å². The van der Waals surface area contributed by atoms with Crippen molar-refractivity contribution in [3.05, 3.63) is 23.8 Å². The number of hydrogen-bond acceptors (Lipinski definition) is 3. The molecule has 1 rings (SSSR count). The summed E-state index contributed by atoms with van der Waals surface area (Å²) in [6, 6.07) is 4.56. The maximum absolute atomic E-state index is 10.8. The minimum absolute atomic E-state index is 0.126. The van der Waals surface area contributed by atoms with Crippen LogP contribution in [0.5, 0.6) is 11.5 Å². The molecule has 0 bridgehead atoms. The number of benzene rings is 1. The van der Waals surface area contributed by atoms with Gasteiger partial charge in [0, 0.05) is 6.07 Å². The predicted octanol–water partition coefficient (Wildman–Crippen LogP) is 4.72. The van der Waals surface area contributed by atoms with Gasteiger partial charge in [0.05, 0.1) is 12.2 Å². The van der Waals surface area contributed by atoms with Crippen molar-refractivity contribution in [2.24, 2.45) is 0 Å². The van der Waals surface area contributed by atoms with Crippen molar-refractivity contribution >= 4 is 6.29 Å². The van der Waals surface area contributed by atoms with Gasteiger partial charge < -0.3 is 9.84 Å². The maximum Gasteiger partial charge on any atom is 0.153 e. The van der Waals surface area contributed by atoms with Gasteiger partial charge >= 0.3 is 0 Å². The van der Waals surface area contributed by atoms with Crippen molar-refractivity contribution in [3.8, 4) is 11.5 Å². The van der Waals surface area contributed by atoms with E-state index in [4.69, 9.17) is 4.74 Å². The molecule has 0 saturated heterocycles. The summed E-state index contributed by atoms with van der Waals surface area (Å²) in [5.41, 5.74) is 0.488. The van der Waals surface area contributed by atoms with E-state index in [0.717, 1.165) is 19.1 Å². The first-order valence-electron chi connectivity index (χ1n) is 7.69. The molecule has 0 heterocycles. The standard InChI is InChI=1S/C17H26O3/c1-2-3-4-5-6-7-8-9-12-20-17-13-16(19)11-10-15(17)14-18/h10-11,13-14,19H,2-9,12H2,1H3. The van der Waals surface area contributed by atoms with Crippen LogP contribution in [-0.2, 0) is 0 Å². The second-order valence-corrected chi connectivity index (χ2v) is 5.16. The largest absolute Gasteiger partial charge is 0.508 e. The number of ether oxygens (including phenoxy) is 1. The van der Waals surface area contributed by atoms with Crippen LogP contribution in [0.1, 0.15) is 68.6 Å². The van der Waals surface area contributed by atoms with Gasteiger partial charge in [-0.25, -0.2) is 0 Å². The second-order valence-electron chi connectivity index (χ2n) is 5.16. The molecule has 0 aliphatic carbocycles. The molecule has 20 heavy (non-hydrogen) atoms. The van der Waals surface area contributed by atoms with Gasteiger partial charge in [0.1, 0.15) is 11.5 Å². The lowest BCUT2D eigenvalue weighted by Crippen LogP contribution is -2.00. The van der Waals surface area contributed by atoms with Gasteiger partial charge in [-0.2, -0.15) is 0 Å². The zero-order chi connectivity index (χ0) is 14.6. The average molecular weight is 278 g/mol. The molecule has 0 atom stereocenters. The highest BCUT2D eigenvalue weighted by Crippen LogP contribution is 2.23. The number of hydrogen-bond donors (Lipinski definition) is 1. The van der Waals surface area contributed by atoms with Gasteiger partial charge in [-0.1, -0.05) is 51.9 Å². The molecule has 0 saturated carbocycles. The Morgan fingerprint density at radius 1 is 1.05 bits per heavy atom. The molecule has 0 aromatic heterocycles. The molecule has 0 fully saturated rings. The van der Waals surface area contributed by atoms with Gasteiger partial charge in [-0.05, 0) is 18.6 Å². The van der Waals surface area contributed by atoms with E-state index in [1.165, 1.54) is 50.7 Å². The third kappa shape index (κ3) is 6.60. The molecule has 1 aromatic rings. The third-order valence-electron chi connectivity index (χ3n) is 3.38. The summed E-state index contributed by atoms with van der Waals surface area (Å²) < 4.78 is 5.56. The number of aromatic hydroxyl groups is 1. The zero-order valence-corrected chi connectivity index (χ0v) is 12.4. The SMILES string of the molecule is CCCCCCCCCCOc1cc(O)ccc1C=O. The van der Waals surface area contributed by atoms with Crippen LogP contribution in [0.2, 0.25) is 0 Å². The van der Waals surface area contributed by atoms with Crippen LogP contribution < -0.4 is 4.74 Å². The molecular formula is C17H26O3. The first kappa shape index (κ1) is 16.5. The molecule has 1 N–H and O–H groups in total. The van der Waals surface area contributed by atoms with E-state index < -0.39 is 0 Å². The Balaban J connectivity index is 2.12. The summed E-state index contributed by atoms with van der Waals surface area (Å²) in [5.74, 6) is 0.601.